The Bertz CT molecular complexity index is 556. The molecule has 1 unspecified atom stereocenters. The highest BCUT2D eigenvalue weighted by Crippen LogP contribution is 2.17. The van der Waals surface area contributed by atoms with Gasteiger partial charge in [0.2, 0.25) is 0 Å². The SMILES string of the molecule is CC(CCc1ccc2ccccc2c1)N=[N+]=[N-]. The number of hydrogen-bond acceptors (Lipinski definition) is 1. The van der Waals surface area contributed by atoms with Crippen molar-refractivity contribution in [1.82, 2.24) is 0 Å². The summed E-state index contributed by atoms with van der Waals surface area (Å²) in [6, 6.07) is 14.9. The van der Waals surface area contributed by atoms with Gasteiger partial charge in [-0.2, -0.15) is 0 Å². The third-order valence-corrected chi connectivity index (χ3v) is 2.91. The molecule has 0 fully saturated rings. The van der Waals surface area contributed by atoms with Crippen molar-refractivity contribution < 1.29 is 0 Å². The van der Waals surface area contributed by atoms with Crippen LogP contribution in [-0.2, 0) is 6.42 Å². The number of nitrogens with zero attached hydrogens (tertiary/aromatic N) is 3. The molecule has 0 aliphatic rings. The molecule has 0 aliphatic heterocycles. The highest BCUT2D eigenvalue weighted by atomic mass is 15.1. The van der Waals surface area contributed by atoms with Crippen molar-refractivity contribution in [3.8, 4) is 0 Å². The minimum absolute atomic E-state index is 0.0615. The van der Waals surface area contributed by atoms with Gasteiger partial charge in [-0.05, 0) is 34.7 Å². The number of benzene rings is 2. The molecule has 0 N–H and O–H groups in total. The van der Waals surface area contributed by atoms with Crippen LogP contribution in [0.4, 0.5) is 0 Å². The standard InChI is InChI=1S/C14H15N3/c1-11(16-17-15)6-7-12-8-9-13-4-2-3-5-14(13)10-12/h2-5,8-11H,6-7H2,1H3. The Labute approximate surface area is 101 Å². The van der Waals surface area contributed by atoms with E-state index < -0.39 is 0 Å². The van der Waals surface area contributed by atoms with E-state index in [2.05, 4.69) is 46.4 Å². The number of rotatable bonds is 4. The van der Waals surface area contributed by atoms with Crippen LogP contribution in [0.3, 0.4) is 0 Å². The summed E-state index contributed by atoms with van der Waals surface area (Å²) in [5.41, 5.74) is 9.63. The van der Waals surface area contributed by atoms with Crippen LogP contribution in [-0.4, -0.2) is 6.04 Å². The molecule has 0 amide bonds. The maximum atomic E-state index is 8.33. The van der Waals surface area contributed by atoms with Crippen LogP contribution in [0.1, 0.15) is 18.9 Å². The second-order valence-electron chi connectivity index (χ2n) is 4.27. The van der Waals surface area contributed by atoms with Crippen molar-refractivity contribution in [1.29, 1.82) is 0 Å². The van der Waals surface area contributed by atoms with Crippen LogP contribution in [0, 0.1) is 0 Å². The van der Waals surface area contributed by atoms with E-state index in [-0.39, 0.29) is 6.04 Å². The van der Waals surface area contributed by atoms with Gasteiger partial charge in [-0.1, -0.05) is 54.5 Å². The van der Waals surface area contributed by atoms with E-state index >= 15 is 0 Å². The molecule has 0 aliphatic carbocycles. The molecule has 0 aromatic heterocycles. The predicted molar refractivity (Wildman–Crippen MR) is 70.9 cm³/mol. The van der Waals surface area contributed by atoms with E-state index in [0.717, 1.165) is 12.8 Å². The van der Waals surface area contributed by atoms with Crippen molar-refractivity contribution in [3.63, 3.8) is 0 Å². The van der Waals surface area contributed by atoms with Gasteiger partial charge in [0.1, 0.15) is 0 Å². The zero-order valence-corrected chi connectivity index (χ0v) is 9.87. The van der Waals surface area contributed by atoms with Crippen molar-refractivity contribution >= 4 is 10.8 Å². The van der Waals surface area contributed by atoms with Crippen molar-refractivity contribution in [2.24, 2.45) is 5.11 Å². The minimum Gasteiger partial charge on any atom is -0.0909 e. The molecule has 17 heavy (non-hydrogen) atoms. The summed E-state index contributed by atoms with van der Waals surface area (Å²) < 4.78 is 0. The van der Waals surface area contributed by atoms with Gasteiger partial charge in [0, 0.05) is 11.0 Å². The van der Waals surface area contributed by atoms with Crippen molar-refractivity contribution in [2.45, 2.75) is 25.8 Å². The summed E-state index contributed by atoms with van der Waals surface area (Å²) in [6.07, 6.45) is 1.84. The zero-order chi connectivity index (χ0) is 12.1. The average molecular weight is 225 g/mol. The van der Waals surface area contributed by atoms with Crippen LogP contribution in [0.2, 0.25) is 0 Å². The normalized spacial score (nSPS) is 12.1. The molecule has 2 rings (SSSR count). The summed E-state index contributed by atoms with van der Waals surface area (Å²) in [5, 5.41) is 6.21. The fourth-order valence-corrected chi connectivity index (χ4v) is 1.92. The van der Waals surface area contributed by atoms with E-state index in [0.29, 0.717) is 0 Å². The van der Waals surface area contributed by atoms with Crippen LogP contribution < -0.4 is 0 Å². The first-order valence-electron chi connectivity index (χ1n) is 5.81. The molecule has 0 saturated heterocycles. The molecule has 86 valence electrons. The third-order valence-electron chi connectivity index (χ3n) is 2.91. The number of aryl methyl sites for hydroxylation is 1. The van der Waals surface area contributed by atoms with Gasteiger partial charge >= 0.3 is 0 Å². The lowest BCUT2D eigenvalue weighted by Gasteiger charge is -2.06. The summed E-state index contributed by atoms with van der Waals surface area (Å²) in [4.78, 5) is 2.82. The Morgan fingerprint density at radius 3 is 2.71 bits per heavy atom. The summed E-state index contributed by atoms with van der Waals surface area (Å²) in [6.45, 7) is 1.95. The lowest BCUT2D eigenvalue weighted by Crippen LogP contribution is -1.98. The quantitative estimate of drug-likeness (QED) is 0.418. The molecule has 1 atom stereocenters. The molecule has 0 spiro atoms. The second-order valence-corrected chi connectivity index (χ2v) is 4.27. The Hall–Kier alpha value is -1.99. The number of hydrogen-bond donors (Lipinski definition) is 0. The lowest BCUT2D eigenvalue weighted by molar-refractivity contribution is 0.662. The lowest BCUT2D eigenvalue weighted by atomic mass is 10.0. The molecule has 0 heterocycles. The Morgan fingerprint density at radius 2 is 1.94 bits per heavy atom. The van der Waals surface area contributed by atoms with Gasteiger partial charge < -0.3 is 0 Å². The first-order chi connectivity index (χ1) is 8.29. The summed E-state index contributed by atoms with van der Waals surface area (Å²) >= 11 is 0. The van der Waals surface area contributed by atoms with E-state index in [1.807, 2.05) is 13.0 Å². The van der Waals surface area contributed by atoms with Gasteiger partial charge in [-0.25, -0.2) is 0 Å². The minimum atomic E-state index is 0.0615. The predicted octanol–water partition coefficient (Wildman–Crippen LogP) is 4.47. The van der Waals surface area contributed by atoms with Crippen LogP contribution in [0.15, 0.2) is 47.6 Å². The molecular formula is C14H15N3. The zero-order valence-electron chi connectivity index (χ0n) is 9.87. The molecule has 3 heteroatoms. The maximum absolute atomic E-state index is 8.33. The fraction of sp³-hybridized carbons (Fsp3) is 0.286. The Morgan fingerprint density at radius 1 is 1.18 bits per heavy atom. The highest BCUT2D eigenvalue weighted by Gasteiger charge is 2.00. The van der Waals surface area contributed by atoms with Gasteiger partial charge in [0.15, 0.2) is 0 Å². The highest BCUT2D eigenvalue weighted by molar-refractivity contribution is 5.82. The van der Waals surface area contributed by atoms with Crippen molar-refractivity contribution in [2.75, 3.05) is 0 Å². The monoisotopic (exact) mass is 225 g/mol. The van der Waals surface area contributed by atoms with E-state index in [4.69, 9.17) is 5.53 Å². The molecular weight excluding hydrogens is 210 g/mol. The third kappa shape index (κ3) is 2.99. The van der Waals surface area contributed by atoms with E-state index in [1.165, 1.54) is 16.3 Å². The van der Waals surface area contributed by atoms with Crippen LogP contribution in [0.25, 0.3) is 21.2 Å². The van der Waals surface area contributed by atoms with Gasteiger partial charge in [0.25, 0.3) is 0 Å². The second kappa shape index (κ2) is 5.37. The first kappa shape index (κ1) is 11.5. The Balaban J connectivity index is 2.11. The van der Waals surface area contributed by atoms with E-state index in [1.54, 1.807) is 0 Å². The largest absolute Gasteiger partial charge is 0.0909 e. The van der Waals surface area contributed by atoms with E-state index in [9.17, 15) is 0 Å². The van der Waals surface area contributed by atoms with Crippen molar-refractivity contribution in [3.05, 3.63) is 58.5 Å². The molecule has 0 bridgehead atoms. The van der Waals surface area contributed by atoms with Crippen LogP contribution >= 0.6 is 0 Å². The number of fused-ring (bicyclic) bond motifs is 1. The summed E-state index contributed by atoms with van der Waals surface area (Å²) in [5.74, 6) is 0. The van der Waals surface area contributed by atoms with Gasteiger partial charge in [0.05, 0.1) is 0 Å². The smallest absolute Gasteiger partial charge is 0.0349 e. The number of azide groups is 1. The molecule has 3 nitrogen and oxygen atoms in total. The maximum Gasteiger partial charge on any atom is 0.0349 e. The molecule has 2 aromatic carbocycles. The summed E-state index contributed by atoms with van der Waals surface area (Å²) in [7, 11) is 0. The molecule has 0 saturated carbocycles. The molecule has 0 radical (unpaired) electrons. The van der Waals surface area contributed by atoms with Gasteiger partial charge in [-0.15, -0.1) is 0 Å². The van der Waals surface area contributed by atoms with Crippen LogP contribution in [0.5, 0.6) is 0 Å². The van der Waals surface area contributed by atoms with Gasteiger partial charge in [-0.3, -0.25) is 0 Å². The first-order valence-corrected chi connectivity index (χ1v) is 5.81. The average Bonchev–Trinajstić information content (AvgIpc) is 2.36. The Kier molecular flexibility index (Phi) is 3.63. The topological polar surface area (TPSA) is 48.8 Å². The molecule has 2 aromatic rings. The fourth-order valence-electron chi connectivity index (χ4n) is 1.92.